The Kier molecular flexibility index (Phi) is 4.97. The Labute approximate surface area is 152 Å². The average molecular weight is 352 g/mol. The van der Waals surface area contributed by atoms with Crippen molar-refractivity contribution in [2.45, 2.75) is 32.4 Å². The molecule has 2 N–H and O–H groups in total. The summed E-state index contributed by atoms with van der Waals surface area (Å²) in [5.41, 5.74) is 2.40. The topological polar surface area (TPSA) is 78.8 Å². The number of benzene rings is 1. The number of hydrogen-bond acceptors (Lipinski definition) is 4. The SMILES string of the molecule is O=C(NCc1cc2ccccc2[nH]1)c1cn(CCN2CCCCC2)nn1. The zero-order valence-electron chi connectivity index (χ0n) is 14.8. The highest BCUT2D eigenvalue weighted by Gasteiger charge is 2.13. The maximum atomic E-state index is 12.3. The number of rotatable bonds is 6. The lowest BCUT2D eigenvalue weighted by Crippen LogP contribution is -2.32. The van der Waals surface area contributed by atoms with Gasteiger partial charge in [0.25, 0.3) is 5.91 Å². The second-order valence-corrected chi connectivity index (χ2v) is 6.83. The van der Waals surface area contributed by atoms with Gasteiger partial charge in [-0.25, -0.2) is 0 Å². The molecule has 3 heterocycles. The number of hydrogen-bond donors (Lipinski definition) is 2. The number of carbonyl (C=O) groups is 1. The van der Waals surface area contributed by atoms with Gasteiger partial charge in [-0.05, 0) is 43.5 Å². The molecule has 4 rings (SSSR count). The van der Waals surface area contributed by atoms with Crippen LogP contribution in [0.2, 0.25) is 0 Å². The lowest BCUT2D eigenvalue weighted by atomic mass is 10.1. The van der Waals surface area contributed by atoms with Crippen molar-refractivity contribution in [1.82, 2.24) is 30.2 Å². The highest BCUT2D eigenvalue weighted by atomic mass is 16.2. The molecule has 136 valence electrons. The second-order valence-electron chi connectivity index (χ2n) is 6.83. The Morgan fingerprint density at radius 2 is 2.00 bits per heavy atom. The van der Waals surface area contributed by atoms with Crippen LogP contribution in [0.4, 0.5) is 0 Å². The van der Waals surface area contributed by atoms with Crippen molar-refractivity contribution < 1.29 is 4.79 Å². The van der Waals surface area contributed by atoms with Crippen LogP contribution in [0, 0.1) is 0 Å². The summed E-state index contributed by atoms with van der Waals surface area (Å²) in [6.07, 6.45) is 5.61. The number of carbonyl (C=O) groups excluding carboxylic acids is 1. The minimum absolute atomic E-state index is 0.201. The van der Waals surface area contributed by atoms with Gasteiger partial charge in [-0.3, -0.25) is 9.48 Å². The first kappa shape index (κ1) is 16.8. The first-order valence-electron chi connectivity index (χ1n) is 9.25. The van der Waals surface area contributed by atoms with Gasteiger partial charge in [0.05, 0.1) is 19.3 Å². The second kappa shape index (κ2) is 7.70. The van der Waals surface area contributed by atoms with E-state index in [4.69, 9.17) is 0 Å². The van der Waals surface area contributed by atoms with E-state index in [1.807, 2.05) is 30.3 Å². The number of amides is 1. The van der Waals surface area contributed by atoms with E-state index in [2.05, 4.69) is 25.5 Å². The predicted molar refractivity (Wildman–Crippen MR) is 99.8 cm³/mol. The molecule has 1 aliphatic rings. The fourth-order valence-electron chi connectivity index (χ4n) is 3.43. The van der Waals surface area contributed by atoms with E-state index in [9.17, 15) is 4.79 Å². The van der Waals surface area contributed by atoms with Crippen LogP contribution >= 0.6 is 0 Å². The molecule has 1 aromatic carbocycles. The molecule has 1 amide bonds. The van der Waals surface area contributed by atoms with Crippen molar-refractivity contribution in [2.24, 2.45) is 0 Å². The zero-order chi connectivity index (χ0) is 17.8. The van der Waals surface area contributed by atoms with E-state index < -0.39 is 0 Å². The largest absolute Gasteiger partial charge is 0.357 e. The van der Waals surface area contributed by atoms with Crippen molar-refractivity contribution in [3.8, 4) is 0 Å². The molecular weight excluding hydrogens is 328 g/mol. The average Bonchev–Trinajstić information content (AvgIpc) is 3.32. The Bertz CT molecular complexity index is 844. The molecule has 0 spiro atoms. The number of piperidine rings is 1. The molecule has 7 nitrogen and oxygen atoms in total. The summed E-state index contributed by atoms with van der Waals surface area (Å²) in [5.74, 6) is -0.201. The van der Waals surface area contributed by atoms with Gasteiger partial charge >= 0.3 is 0 Å². The van der Waals surface area contributed by atoms with Crippen molar-refractivity contribution >= 4 is 16.8 Å². The molecule has 1 saturated heterocycles. The standard InChI is InChI=1S/C19H24N6O/c26-19(20-13-16-12-15-6-2-3-7-17(15)21-16)18-14-25(23-22-18)11-10-24-8-4-1-5-9-24/h2-3,6-7,12,14,21H,1,4-5,8-11,13H2,(H,20,26). The minimum Gasteiger partial charge on any atom is -0.357 e. The van der Waals surface area contributed by atoms with Crippen LogP contribution in [0.15, 0.2) is 36.5 Å². The molecule has 26 heavy (non-hydrogen) atoms. The maximum Gasteiger partial charge on any atom is 0.273 e. The molecule has 1 fully saturated rings. The van der Waals surface area contributed by atoms with Gasteiger partial charge in [0.15, 0.2) is 5.69 Å². The van der Waals surface area contributed by atoms with Crippen LogP contribution < -0.4 is 5.32 Å². The van der Waals surface area contributed by atoms with E-state index in [1.165, 1.54) is 19.3 Å². The van der Waals surface area contributed by atoms with Crippen LogP contribution in [0.1, 0.15) is 35.4 Å². The minimum atomic E-state index is -0.201. The number of para-hydroxylation sites is 1. The normalized spacial score (nSPS) is 15.4. The van der Waals surface area contributed by atoms with Gasteiger partial charge in [0.2, 0.25) is 0 Å². The summed E-state index contributed by atoms with van der Waals surface area (Å²) in [4.78, 5) is 18.0. The summed E-state index contributed by atoms with van der Waals surface area (Å²) in [7, 11) is 0. The molecule has 0 saturated carbocycles. The number of aromatic nitrogens is 4. The van der Waals surface area contributed by atoms with Gasteiger partial charge in [0.1, 0.15) is 0 Å². The number of aromatic amines is 1. The number of fused-ring (bicyclic) bond motifs is 1. The highest BCUT2D eigenvalue weighted by molar-refractivity contribution is 5.91. The van der Waals surface area contributed by atoms with E-state index in [1.54, 1.807) is 10.9 Å². The maximum absolute atomic E-state index is 12.3. The quantitative estimate of drug-likeness (QED) is 0.713. The molecule has 1 aliphatic heterocycles. The number of H-pyrrole nitrogens is 1. The number of nitrogens with zero attached hydrogens (tertiary/aromatic N) is 4. The molecule has 0 unspecified atom stereocenters. The van der Waals surface area contributed by atoms with Crippen LogP contribution in [-0.2, 0) is 13.1 Å². The molecule has 0 bridgehead atoms. The van der Waals surface area contributed by atoms with E-state index in [0.29, 0.717) is 12.2 Å². The first-order valence-corrected chi connectivity index (χ1v) is 9.25. The van der Waals surface area contributed by atoms with E-state index in [-0.39, 0.29) is 5.91 Å². The van der Waals surface area contributed by atoms with E-state index >= 15 is 0 Å². The van der Waals surface area contributed by atoms with Crippen molar-refractivity contribution in [3.63, 3.8) is 0 Å². The third kappa shape index (κ3) is 3.94. The van der Waals surface area contributed by atoms with Crippen LogP contribution in [0.3, 0.4) is 0 Å². The Morgan fingerprint density at radius 3 is 2.85 bits per heavy atom. The summed E-state index contributed by atoms with van der Waals surface area (Å²) in [5, 5.41) is 12.1. The molecular formula is C19H24N6O. The monoisotopic (exact) mass is 352 g/mol. The van der Waals surface area contributed by atoms with Crippen molar-refractivity contribution in [1.29, 1.82) is 0 Å². The molecule has 0 atom stereocenters. The number of likely N-dealkylation sites (tertiary alicyclic amines) is 1. The smallest absolute Gasteiger partial charge is 0.273 e. The summed E-state index contributed by atoms with van der Waals surface area (Å²) < 4.78 is 1.76. The van der Waals surface area contributed by atoms with Gasteiger partial charge in [-0.15, -0.1) is 5.10 Å². The van der Waals surface area contributed by atoms with Crippen molar-refractivity contribution in [3.05, 3.63) is 47.9 Å². The molecule has 0 radical (unpaired) electrons. The Hall–Kier alpha value is -2.67. The van der Waals surface area contributed by atoms with Crippen LogP contribution in [0.5, 0.6) is 0 Å². The fourth-order valence-corrected chi connectivity index (χ4v) is 3.43. The van der Waals surface area contributed by atoms with Gasteiger partial charge in [-0.2, -0.15) is 0 Å². The van der Waals surface area contributed by atoms with Gasteiger partial charge in [-0.1, -0.05) is 29.8 Å². The zero-order valence-corrected chi connectivity index (χ0v) is 14.8. The van der Waals surface area contributed by atoms with E-state index in [0.717, 1.165) is 42.8 Å². The molecule has 7 heteroatoms. The molecule has 0 aliphatic carbocycles. The summed E-state index contributed by atoms with van der Waals surface area (Å²) in [6.45, 7) is 4.48. The Morgan fingerprint density at radius 1 is 1.15 bits per heavy atom. The van der Waals surface area contributed by atoms with Gasteiger partial charge in [0, 0.05) is 17.8 Å². The van der Waals surface area contributed by atoms with Crippen LogP contribution in [0.25, 0.3) is 10.9 Å². The lowest BCUT2D eigenvalue weighted by Gasteiger charge is -2.25. The first-order chi connectivity index (χ1) is 12.8. The third-order valence-corrected chi connectivity index (χ3v) is 4.89. The molecule has 2 aromatic heterocycles. The molecule has 3 aromatic rings. The summed E-state index contributed by atoms with van der Waals surface area (Å²) in [6, 6.07) is 10.1. The number of nitrogens with one attached hydrogen (secondary N) is 2. The lowest BCUT2D eigenvalue weighted by molar-refractivity contribution is 0.0945. The fraction of sp³-hybridized carbons (Fsp3) is 0.421. The van der Waals surface area contributed by atoms with Crippen LogP contribution in [-0.4, -0.2) is 50.4 Å². The predicted octanol–water partition coefficient (Wildman–Crippen LogP) is 2.18. The summed E-state index contributed by atoms with van der Waals surface area (Å²) >= 11 is 0. The van der Waals surface area contributed by atoms with Crippen molar-refractivity contribution in [2.75, 3.05) is 19.6 Å². The third-order valence-electron chi connectivity index (χ3n) is 4.89. The highest BCUT2D eigenvalue weighted by Crippen LogP contribution is 2.14. The Balaban J connectivity index is 1.29. The van der Waals surface area contributed by atoms with Gasteiger partial charge < -0.3 is 15.2 Å².